The summed E-state index contributed by atoms with van der Waals surface area (Å²) in [6.07, 6.45) is -0.305. The summed E-state index contributed by atoms with van der Waals surface area (Å²) in [5.41, 5.74) is 1.99. The van der Waals surface area contributed by atoms with Crippen LogP contribution in [0.3, 0.4) is 0 Å². The first kappa shape index (κ1) is 14.4. The molecule has 0 aliphatic carbocycles. The van der Waals surface area contributed by atoms with Crippen LogP contribution in [0.1, 0.15) is 38.0 Å². The summed E-state index contributed by atoms with van der Waals surface area (Å²) in [6, 6.07) is 5.92. The Morgan fingerprint density at radius 1 is 1.21 bits per heavy atom. The fourth-order valence-corrected chi connectivity index (χ4v) is 3.13. The van der Waals surface area contributed by atoms with Crippen molar-refractivity contribution in [3.05, 3.63) is 29.3 Å². The van der Waals surface area contributed by atoms with E-state index in [9.17, 15) is 5.11 Å². The van der Waals surface area contributed by atoms with Gasteiger partial charge in [-0.2, -0.15) is 0 Å². The van der Waals surface area contributed by atoms with Crippen molar-refractivity contribution in [3.63, 3.8) is 0 Å². The van der Waals surface area contributed by atoms with Gasteiger partial charge < -0.3 is 14.6 Å². The zero-order chi connectivity index (χ0) is 14.2. The lowest BCUT2D eigenvalue weighted by atomic mass is 9.81. The molecule has 3 heteroatoms. The first-order valence-electron chi connectivity index (χ1n) is 6.93. The van der Waals surface area contributed by atoms with E-state index >= 15 is 0 Å². The fourth-order valence-electron chi connectivity index (χ4n) is 3.13. The topological polar surface area (TPSA) is 38.7 Å². The Morgan fingerprint density at radius 2 is 1.89 bits per heavy atom. The average molecular weight is 264 g/mol. The number of hydrogen-bond donors (Lipinski definition) is 1. The number of hydrogen-bond acceptors (Lipinski definition) is 3. The van der Waals surface area contributed by atoms with Crippen molar-refractivity contribution >= 4 is 0 Å². The number of rotatable bonds is 3. The highest BCUT2D eigenvalue weighted by Gasteiger charge is 2.42. The standard InChI is InChI=1S/C16H24O3/c1-9-6-7-14(18-5)13(8-9)16(17)15-10(2)11(3)19-12(15)4/h6-8,10-12,15-17H,1-5H3. The van der Waals surface area contributed by atoms with Gasteiger partial charge in [-0.05, 0) is 38.8 Å². The molecule has 0 spiro atoms. The van der Waals surface area contributed by atoms with Crippen LogP contribution >= 0.6 is 0 Å². The van der Waals surface area contributed by atoms with Gasteiger partial charge >= 0.3 is 0 Å². The van der Waals surface area contributed by atoms with Crippen molar-refractivity contribution in [3.8, 4) is 5.75 Å². The van der Waals surface area contributed by atoms with Gasteiger partial charge in [0.15, 0.2) is 0 Å². The van der Waals surface area contributed by atoms with Gasteiger partial charge in [0.25, 0.3) is 0 Å². The molecular formula is C16H24O3. The van der Waals surface area contributed by atoms with Crippen molar-refractivity contribution < 1.29 is 14.6 Å². The van der Waals surface area contributed by atoms with E-state index in [1.807, 2.05) is 32.0 Å². The van der Waals surface area contributed by atoms with Crippen LogP contribution < -0.4 is 4.74 Å². The van der Waals surface area contributed by atoms with Gasteiger partial charge in [0.2, 0.25) is 0 Å². The van der Waals surface area contributed by atoms with Crippen LogP contribution in [0.25, 0.3) is 0 Å². The van der Waals surface area contributed by atoms with Gasteiger partial charge in [0.05, 0.1) is 25.4 Å². The Labute approximate surface area is 115 Å². The van der Waals surface area contributed by atoms with Gasteiger partial charge in [-0.15, -0.1) is 0 Å². The van der Waals surface area contributed by atoms with E-state index in [2.05, 4.69) is 13.8 Å². The summed E-state index contributed by atoms with van der Waals surface area (Å²) < 4.78 is 11.2. The third kappa shape index (κ3) is 2.63. The number of methoxy groups -OCH3 is 1. The number of ether oxygens (including phenoxy) is 2. The highest BCUT2D eigenvalue weighted by molar-refractivity contribution is 5.39. The molecule has 0 saturated carbocycles. The van der Waals surface area contributed by atoms with Crippen LogP contribution in [0.4, 0.5) is 0 Å². The molecule has 3 nitrogen and oxygen atoms in total. The molecule has 1 aliphatic rings. The largest absolute Gasteiger partial charge is 0.496 e. The quantitative estimate of drug-likeness (QED) is 0.911. The summed E-state index contributed by atoms with van der Waals surface area (Å²) in [5, 5.41) is 10.8. The zero-order valence-corrected chi connectivity index (χ0v) is 12.4. The number of aliphatic hydroxyl groups excluding tert-OH is 1. The van der Waals surface area contributed by atoms with Crippen LogP contribution in [0.5, 0.6) is 5.75 Å². The second-order valence-electron chi connectivity index (χ2n) is 5.67. The van der Waals surface area contributed by atoms with E-state index in [1.165, 1.54) is 0 Å². The lowest BCUT2D eigenvalue weighted by molar-refractivity contribution is 0.0224. The molecule has 106 valence electrons. The zero-order valence-electron chi connectivity index (χ0n) is 12.4. The molecule has 1 saturated heterocycles. The molecule has 1 N–H and O–H groups in total. The lowest BCUT2D eigenvalue weighted by Crippen LogP contribution is -2.25. The Kier molecular flexibility index (Phi) is 4.16. The number of aryl methyl sites for hydroxylation is 1. The molecule has 1 aromatic rings. The third-order valence-corrected chi connectivity index (χ3v) is 4.39. The second-order valence-corrected chi connectivity index (χ2v) is 5.67. The summed E-state index contributed by atoms with van der Waals surface area (Å²) >= 11 is 0. The summed E-state index contributed by atoms with van der Waals surface area (Å²) in [7, 11) is 1.64. The molecule has 1 aliphatic heterocycles. The minimum Gasteiger partial charge on any atom is -0.496 e. The van der Waals surface area contributed by atoms with Crippen LogP contribution in [-0.2, 0) is 4.74 Å². The van der Waals surface area contributed by atoms with Gasteiger partial charge in [0, 0.05) is 11.5 Å². The van der Waals surface area contributed by atoms with Gasteiger partial charge in [0.1, 0.15) is 5.75 Å². The Hall–Kier alpha value is -1.06. The minimum absolute atomic E-state index is 0.0604. The maximum atomic E-state index is 10.8. The molecule has 1 aromatic carbocycles. The Bertz CT molecular complexity index is 444. The van der Waals surface area contributed by atoms with Crippen molar-refractivity contribution in [1.82, 2.24) is 0 Å². The highest BCUT2D eigenvalue weighted by atomic mass is 16.5. The molecule has 0 aromatic heterocycles. The summed E-state index contributed by atoms with van der Waals surface area (Å²) in [5.74, 6) is 1.18. The smallest absolute Gasteiger partial charge is 0.124 e. The number of benzene rings is 1. The van der Waals surface area contributed by atoms with Crippen LogP contribution in [0, 0.1) is 18.8 Å². The Morgan fingerprint density at radius 3 is 2.42 bits per heavy atom. The van der Waals surface area contributed by atoms with Crippen molar-refractivity contribution in [2.45, 2.75) is 46.0 Å². The molecule has 5 unspecified atom stereocenters. The van der Waals surface area contributed by atoms with E-state index in [0.717, 1.165) is 16.9 Å². The molecular weight excluding hydrogens is 240 g/mol. The summed E-state index contributed by atoms with van der Waals surface area (Å²) in [4.78, 5) is 0. The molecule has 0 amide bonds. The first-order valence-corrected chi connectivity index (χ1v) is 6.93. The first-order chi connectivity index (χ1) is 8.95. The van der Waals surface area contributed by atoms with Crippen molar-refractivity contribution in [2.24, 2.45) is 11.8 Å². The van der Waals surface area contributed by atoms with Gasteiger partial charge in [-0.1, -0.05) is 18.6 Å². The van der Waals surface area contributed by atoms with E-state index in [1.54, 1.807) is 7.11 Å². The predicted octanol–water partition coefficient (Wildman–Crippen LogP) is 3.10. The lowest BCUT2D eigenvalue weighted by Gasteiger charge is -2.26. The normalized spacial score (nSPS) is 32.3. The summed E-state index contributed by atoms with van der Waals surface area (Å²) in [6.45, 7) is 8.28. The Balaban J connectivity index is 2.33. The maximum absolute atomic E-state index is 10.8. The van der Waals surface area contributed by atoms with Crippen molar-refractivity contribution in [1.29, 1.82) is 0 Å². The van der Waals surface area contributed by atoms with Crippen LogP contribution in [0.2, 0.25) is 0 Å². The van der Waals surface area contributed by atoms with Crippen LogP contribution in [0.15, 0.2) is 18.2 Å². The van der Waals surface area contributed by atoms with Gasteiger partial charge in [-0.25, -0.2) is 0 Å². The van der Waals surface area contributed by atoms with Crippen molar-refractivity contribution in [2.75, 3.05) is 7.11 Å². The maximum Gasteiger partial charge on any atom is 0.124 e. The van der Waals surface area contributed by atoms with E-state index in [-0.39, 0.29) is 18.1 Å². The number of aliphatic hydroxyl groups is 1. The molecule has 1 heterocycles. The SMILES string of the molecule is COc1ccc(C)cc1C(O)C1C(C)OC(C)C1C. The highest BCUT2D eigenvalue weighted by Crippen LogP contribution is 2.42. The molecule has 5 atom stereocenters. The monoisotopic (exact) mass is 264 g/mol. The predicted molar refractivity (Wildman–Crippen MR) is 75.4 cm³/mol. The molecule has 0 bridgehead atoms. The molecule has 2 rings (SSSR count). The average Bonchev–Trinajstić information content (AvgIpc) is 2.62. The fraction of sp³-hybridized carbons (Fsp3) is 0.625. The molecule has 1 fully saturated rings. The van der Waals surface area contributed by atoms with E-state index in [4.69, 9.17) is 9.47 Å². The minimum atomic E-state index is -0.551. The van der Waals surface area contributed by atoms with Crippen LogP contribution in [-0.4, -0.2) is 24.4 Å². The molecule has 0 radical (unpaired) electrons. The van der Waals surface area contributed by atoms with E-state index < -0.39 is 6.10 Å². The molecule has 19 heavy (non-hydrogen) atoms. The second kappa shape index (κ2) is 5.51. The third-order valence-electron chi connectivity index (χ3n) is 4.39. The van der Waals surface area contributed by atoms with Gasteiger partial charge in [-0.3, -0.25) is 0 Å². The van der Waals surface area contributed by atoms with E-state index in [0.29, 0.717) is 5.92 Å².